The topological polar surface area (TPSA) is 76.1 Å². The quantitative estimate of drug-likeness (QED) is 0.870. The maximum Gasteiger partial charge on any atom is 0.270 e. The third-order valence-corrected chi connectivity index (χ3v) is 3.92. The zero-order valence-electron chi connectivity index (χ0n) is 13.4. The molecule has 2 heterocycles. The molecule has 6 nitrogen and oxygen atoms in total. The fraction of sp³-hybridized carbons (Fsp3) is 0.353. The third kappa shape index (κ3) is 4.43. The smallest absolute Gasteiger partial charge is 0.270 e. The molecular weight excluding hydrogens is 328 g/mol. The number of ether oxygens (including phenoxy) is 1. The molecule has 2 aromatic rings. The van der Waals surface area contributed by atoms with E-state index in [1.807, 2.05) is 12.1 Å². The highest BCUT2D eigenvalue weighted by molar-refractivity contribution is 6.30. The Kier molecular flexibility index (Phi) is 5.27. The minimum Gasteiger partial charge on any atom is -0.376 e. The van der Waals surface area contributed by atoms with Gasteiger partial charge in [-0.25, -0.2) is 9.97 Å². The van der Waals surface area contributed by atoms with Crippen molar-refractivity contribution in [3.63, 3.8) is 0 Å². The van der Waals surface area contributed by atoms with E-state index in [0.717, 1.165) is 25.1 Å². The van der Waals surface area contributed by atoms with Gasteiger partial charge in [-0.3, -0.25) is 4.79 Å². The molecule has 1 amide bonds. The Hall–Kier alpha value is -2.18. The molecule has 1 unspecified atom stereocenters. The van der Waals surface area contributed by atoms with Crippen LogP contribution in [0.4, 0.5) is 11.5 Å². The van der Waals surface area contributed by atoms with Gasteiger partial charge in [0.1, 0.15) is 17.3 Å². The van der Waals surface area contributed by atoms with Crippen LogP contribution in [0.1, 0.15) is 29.2 Å². The predicted octanol–water partition coefficient (Wildman–Crippen LogP) is 3.09. The van der Waals surface area contributed by atoms with Gasteiger partial charge in [-0.15, -0.1) is 0 Å². The van der Waals surface area contributed by atoms with Crippen molar-refractivity contribution in [3.05, 3.63) is 46.9 Å². The van der Waals surface area contributed by atoms with Crippen molar-refractivity contribution in [2.75, 3.05) is 18.5 Å². The first-order valence-corrected chi connectivity index (χ1v) is 8.26. The van der Waals surface area contributed by atoms with E-state index in [-0.39, 0.29) is 12.0 Å². The Bertz CT molecular complexity index is 732. The van der Waals surface area contributed by atoms with Crippen LogP contribution < -0.4 is 10.6 Å². The first-order valence-electron chi connectivity index (χ1n) is 7.88. The summed E-state index contributed by atoms with van der Waals surface area (Å²) >= 11 is 5.98. The summed E-state index contributed by atoms with van der Waals surface area (Å²) in [4.78, 5) is 20.8. The zero-order valence-corrected chi connectivity index (χ0v) is 14.1. The van der Waals surface area contributed by atoms with Crippen molar-refractivity contribution in [1.82, 2.24) is 15.3 Å². The van der Waals surface area contributed by atoms with Gasteiger partial charge >= 0.3 is 0 Å². The molecule has 3 rings (SSSR count). The van der Waals surface area contributed by atoms with Gasteiger partial charge in [0.05, 0.1) is 6.10 Å². The minimum atomic E-state index is -0.231. The highest BCUT2D eigenvalue weighted by atomic mass is 35.5. The number of rotatable bonds is 5. The number of nitrogens with one attached hydrogen (secondary N) is 2. The van der Waals surface area contributed by atoms with Crippen LogP contribution in [-0.4, -0.2) is 35.1 Å². The number of carbonyl (C=O) groups excluding carboxylic acids is 1. The number of aromatic nitrogens is 2. The van der Waals surface area contributed by atoms with Crippen LogP contribution in [0.15, 0.2) is 30.3 Å². The monoisotopic (exact) mass is 346 g/mol. The molecule has 0 bridgehead atoms. The summed E-state index contributed by atoms with van der Waals surface area (Å²) in [5.41, 5.74) is 1.12. The van der Waals surface area contributed by atoms with E-state index in [4.69, 9.17) is 16.3 Å². The molecule has 0 saturated carbocycles. The molecule has 126 valence electrons. The number of hydrogen-bond donors (Lipinski definition) is 2. The molecule has 0 aliphatic carbocycles. The number of anilines is 2. The SMILES string of the molecule is Cc1nc(Nc2cccc(Cl)c2)cc(C(=O)NCC2CCCO2)n1. The second kappa shape index (κ2) is 7.59. The molecule has 0 spiro atoms. The lowest BCUT2D eigenvalue weighted by atomic mass is 10.2. The van der Waals surface area contributed by atoms with Gasteiger partial charge in [0.25, 0.3) is 5.91 Å². The summed E-state index contributed by atoms with van der Waals surface area (Å²) in [5.74, 6) is 0.835. The number of amides is 1. The molecule has 1 saturated heterocycles. The average molecular weight is 347 g/mol. The summed E-state index contributed by atoms with van der Waals surface area (Å²) in [5, 5.41) is 6.63. The number of benzene rings is 1. The van der Waals surface area contributed by atoms with Crippen molar-refractivity contribution < 1.29 is 9.53 Å². The second-order valence-electron chi connectivity index (χ2n) is 5.67. The lowest BCUT2D eigenvalue weighted by Crippen LogP contribution is -2.32. The maximum atomic E-state index is 12.3. The molecule has 2 N–H and O–H groups in total. The first kappa shape index (κ1) is 16.7. The fourth-order valence-electron chi connectivity index (χ4n) is 2.56. The van der Waals surface area contributed by atoms with Crippen molar-refractivity contribution in [2.45, 2.75) is 25.9 Å². The second-order valence-corrected chi connectivity index (χ2v) is 6.10. The molecule has 1 fully saturated rings. The molecule has 24 heavy (non-hydrogen) atoms. The Morgan fingerprint density at radius 2 is 2.25 bits per heavy atom. The Balaban J connectivity index is 1.69. The van der Waals surface area contributed by atoms with Crippen molar-refractivity contribution >= 4 is 29.0 Å². The lowest BCUT2D eigenvalue weighted by molar-refractivity contribution is 0.0853. The summed E-state index contributed by atoms with van der Waals surface area (Å²) in [6, 6.07) is 8.92. The maximum absolute atomic E-state index is 12.3. The Morgan fingerprint density at radius 3 is 3.00 bits per heavy atom. The summed E-state index contributed by atoms with van der Waals surface area (Å²) in [6.07, 6.45) is 2.12. The molecule has 7 heteroatoms. The normalized spacial score (nSPS) is 16.8. The van der Waals surface area contributed by atoms with Crippen LogP contribution in [0.3, 0.4) is 0 Å². The summed E-state index contributed by atoms with van der Waals surface area (Å²) in [7, 11) is 0. The zero-order chi connectivity index (χ0) is 16.9. The molecule has 1 aliphatic rings. The van der Waals surface area contributed by atoms with Gasteiger partial charge in [-0.2, -0.15) is 0 Å². The van der Waals surface area contributed by atoms with Crippen LogP contribution in [0.25, 0.3) is 0 Å². The summed E-state index contributed by atoms with van der Waals surface area (Å²) < 4.78 is 5.50. The van der Waals surface area contributed by atoms with Crippen molar-refractivity contribution in [1.29, 1.82) is 0 Å². The van der Waals surface area contributed by atoms with Crippen LogP contribution in [0, 0.1) is 6.92 Å². The number of halogens is 1. The third-order valence-electron chi connectivity index (χ3n) is 3.68. The molecule has 1 aromatic carbocycles. The van der Waals surface area contributed by atoms with Gasteiger partial charge in [0.2, 0.25) is 0 Å². The first-order chi connectivity index (χ1) is 11.6. The largest absolute Gasteiger partial charge is 0.376 e. The number of hydrogen-bond acceptors (Lipinski definition) is 5. The number of carbonyl (C=O) groups is 1. The van der Waals surface area contributed by atoms with Crippen LogP contribution in [0.2, 0.25) is 5.02 Å². The van der Waals surface area contributed by atoms with Crippen molar-refractivity contribution in [3.8, 4) is 0 Å². The number of nitrogens with zero attached hydrogens (tertiary/aromatic N) is 2. The van der Waals surface area contributed by atoms with Crippen LogP contribution >= 0.6 is 11.6 Å². The van der Waals surface area contributed by atoms with Gasteiger partial charge < -0.3 is 15.4 Å². The van der Waals surface area contributed by atoms with Gasteiger partial charge in [0.15, 0.2) is 0 Å². The van der Waals surface area contributed by atoms with E-state index in [1.54, 1.807) is 25.1 Å². The van der Waals surface area contributed by atoms with E-state index >= 15 is 0 Å². The number of aryl methyl sites for hydroxylation is 1. The predicted molar refractivity (Wildman–Crippen MR) is 92.8 cm³/mol. The van der Waals surface area contributed by atoms with Gasteiger partial charge in [0, 0.05) is 29.9 Å². The lowest BCUT2D eigenvalue weighted by Gasteiger charge is -2.12. The Labute approximate surface area is 145 Å². The van der Waals surface area contributed by atoms with E-state index in [0.29, 0.717) is 28.9 Å². The molecule has 1 aliphatic heterocycles. The highest BCUT2D eigenvalue weighted by Gasteiger charge is 2.17. The minimum absolute atomic E-state index is 0.0981. The van der Waals surface area contributed by atoms with E-state index in [9.17, 15) is 4.79 Å². The van der Waals surface area contributed by atoms with E-state index < -0.39 is 0 Å². The molecule has 1 atom stereocenters. The van der Waals surface area contributed by atoms with E-state index in [1.165, 1.54) is 0 Å². The average Bonchev–Trinajstić information content (AvgIpc) is 3.05. The summed E-state index contributed by atoms with van der Waals surface area (Å²) in [6.45, 7) is 3.01. The Morgan fingerprint density at radius 1 is 1.38 bits per heavy atom. The standard InChI is InChI=1S/C17H19ClN4O2/c1-11-20-15(17(23)19-10-14-6-3-7-24-14)9-16(21-11)22-13-5-2-4-12(18)8-13/h2,4-5,8-9,14H,3,6-7,10H2,1H3,(H,19,23)(H,20,21,22). The van der Waals surface area contributed by atoms with Crippen LogP contribution in [-0.2, 0) is 4.74 Å². The van der Waals surface area contributed by atoms with Gasteiger partial charge in [-0.1, -0.05) is 17.7 Å². The van der Waals surface area contributed by atoms with Crippen LogP contribution in [0.5, 0.6) is 0 Å². The molecular formula is C17H19ClN4O2. The molecule has 1 aromatic heterocycles. The molecule has 0 radical (unpaired) electrons. The van der Waals surface area contributed by atoms with Crippen molar-refractivity contribution in [2.24, 2.45) is 0 Å². The van der Waals surface area contributed by atoms with E-state index in [2.05, 4.69) is 20.6 Å². The van der Waals surface area contributed by atoms with Gasteiger partial charge in [-0.05, 0) is 38.0 Å². The fourth-order valence-corrected chi connectivity index (χ4v) is 2.75. The highest BCUT2D eigenvalue weighted by Crippen LogP contribution is 2.19.